The molecule has 9 heteroatoms. The third-order valence-corrected chi connectivity index (χ3v) is 5.78. The van der Waals surface area contributed by atoms with Gasteiger partial charge in [0.25, 0.3) is 5.89 Å². The number of fused-ring (bicyclic) bond motifs is 2. The van der Waals surface area contributed by atoms with Gasteiger partial charge in [-0.2, -0.15) is 13.8 Å². The molecule has 1 aromatic heterocycles. The van der Waals surface area contributed by atoms with Crippen molar-refractivity contribution in [3.63, 3.8) is 0 Å². The molecule has 0 saturated heterocycles. The second-order valence-corrected chi connectivity index (χ2v) is 7.56. The summed E-state index contributed by atoms with van der Waals surface area (Å²) in [5, 5.41) is 3.84. The molecule has 4 rings (SSSR count). The van der Waals surface area contributed by atoms with E-state index in [0.717, 1.165) is 12.3 Å². The fourth-order valence-electron chi connectivity index (χ4n) is 4.47. The summed E-state index contributed by atoms with van der Waals surface area (Å²) in [6, 6.07) is 4.31. The van der Waals surface area contributed by atoms with Crippen LogP contribution in [0.1, 0.15) is 38.0 Å². The summed E-state index contributed by atoms with van der Waals surface area (Å²) in [6.07, 6.45) is 5.32. The maximum absolute atomic E-state index is 12.4. The molecule has 1 heterocycles. The van der Waals surface area contributed by atoms with Gasteiger partial charge in [-0.15, -0.1) is 0 Å². The van der Waals surface area contributed by atoms with Crippen LogP contribution in [-0.2, 0) is 16.1 Å². The van der Waals surface area contributed by atoms with Crippen molar-refractivity contribution in [2.24, 2.45) is 17.8 Å². The molecule has 0 N–H and O–H groups in total. The third-order valence-electron chi connectivity index (χ3n) is 5.78. The van der Waals surface area contributed by atoms with Crippen molar-refractivity contribution in [3.05, 3.63) is 24.1 Å². The van der Waals surface area contributed by atoms with Crippen LogP contribution in [0.4, 0.5) is 8.78 Å². The number of hydrogen-bond donors (Lipinski definition) is 0. The lowest BCUT2D eigenvalue weighted by atomic mass is 9.86. The lowest BCUT2D eigenvalue weighted by Crippen LogP contribution is -2.17. The minimum Gasteiger partial charge on any atom is -0.493 e. The highest BCUT2D eigenvalue weighted by molar-refractivity contribution is 5.69. The largest absolute Gasteiger partial charge is 0.493 e. The first kappa shape index (κ1) is 19.6. The Kier molecular flexibility index (Phi) is 5.64. The van der Waals surface area contributed by atoms with Crippen LogP contribution in [0, 0.1) is 17.8 Å². The van der Waals surface area contributed by atoms with Crippen LogP contribution in [-0.4, -0.2) is 29.8 Å². The van der Waals surface area contributed by atoms with Crippen molar-refractivity contribution in [2.45, 2.75) is 45.3 Å². The van der Waals surface area contributed by atoms with Crippen LogP contribution in [0.25, 0.3) is 11.4 Å². The zero-order chi connectivity index (χ0) is 20.4. The average Bonchev–Trinajstić information content (AvgIpc) is 3.43. The third kappa shape index (κ3) is 4.49. The van der Waals surface area contributed by atoms with E-state index in [4.69, 9.17) is 14.0 Å². The molecule has 2 bridgehead atoms. The van der Waals surface area contributed by atoms with Crippen molar-refractivity contribution in [1.29, 1.82) is 0 Å². The lowest BCUT2D eigenvalue weighted by Gasteiger charge is -2.20. The number of alkyl halides is 2. The average molecular weight is 408 g/mol. The molecule has 29 heavy (non-hydrogen) atoms. The molecule has 156 valence electrons. The Labute approximate surface area is 166 Å². The number of hydrogen-bond acceptors (Lipinski definition) is 7. The molecule has 0 aliphatic heterocycles. The molecule has 0 amide bonds. The molecule has 1 aromatic carbocycles. The Morgan fingerprint density at radius 2 is 2.14 bits per heavy atom. The molecule has 2 saturated carbocycles. The summed E-state index contributed by atoms with van der Waals surface area (Å²) in [4.78, 5) is 16.3. The molecule has 2 fully saturated rings. The van der Waals surface area contributed by atoms with Crippen molar-refractivity contribution in [1.82, 2.24) is 10.1 Å². The van der Waals surface area contributed by atoms with Gasteiger partial charge in [-0.3, -0.25) is 4.79 Å². The predicted molar refractivity (Wildman–Crippen MR) is 96.3 cm³/mol. The Bertz CT molecular complexity index is 872. The minimum absolute atomic E-state index is 0.0930. The molecular formula is C20H22F2N2O5. The molecule has 2 aromatic rings. The summed E-state index contributed by atoms with van der Waals surface area (Å²) in [5.41, 5.74) is 0.492. The highest BCUT2D eigenvalue weighted by atomic mass is 19.3. The Balaban J connectivity index is 1.34. The first-order valence-electron chi connectivity index (χ1n) is 9.63. The van der Waals surface area contributed by atoms with Crippen LogP contribution >= 0.6 is 0 Å². The van der Waals surface area contributed by atoms with Crippen LogP contribution in [0.15, 0.2) is 22.7 Å². The van der Waals surface area contributed by atoms with E-state index in [1.54, 1.807) is 0 Å². The molecule has 0 unspecified atom stereocenters. The van der Waals surface area contributed by atoms with Gasteiger partial charge < -0.3 is 18.7 Å². The second-order valence-electron chi connectivity index (χ2n) is 7.56. The fraction of sp³-hybridized carbons (Fsp3) is 0.550. The van der Waals surface area contributed by atoms with Crippen molar-refractivity contribution < 1.29 is 32.3 Å². The number of rotatable bonds is 8. The van der Waals surface area contributed by atoms with E-state index >= 15 is 0 Å². The fourth-order valence-corrected chi connectivity index (χ4v) is 4.47. The molecular weight excluding hydrogens is 386 g/mol. The second kappa shape index (κ2) is 8.34. The maximum atomic E-state index is 12.4. The van der Waals surface area contributed by atoms with Gasteiger partial charge >= 0.3 is 12.6 Å². The molecule has 2 aliphatic rings. The van der Waals surface area contributed by atoms with Gasteiger partial charge in [0, 0.05) is 12.0 Å². The van der Waals surface area contributed by atoms with Gasteiger partial charge in [0.15, 0.2) is 18.1 Å². The first-order valence-corrected chi connectivity index (χ1v) is 9.63. The summed E-state index contributed by atoms with van der Waals surface area (Å²) in [6.45, 7) is -3.06. The van der Waals surface area contributed by atoms with Crippen molar-refractivity contribution in [3.8, 4) is 22.9 Å². The highest BCUT2D eigenvalue weighted by Gasteiger charge is 2.40. The van der Waals surface area contributed by atoms with Crippen LogP contribution < -0.4 is 9.47 Å². The molecule has 7 nitrogen and oxygen atoms in total. The van der Waals surface area contributed by atoms with Gasteiger partial charge in [0.1, 0.15) is 0 Å². The Morgan fingerprint density at radius 3 is 2.83 bits per heavy atom. The molecule has 0 radical (unpaired) electrons. The minimum atomic E-state index is -2.96. The van der Waals surface area contributed by atoms with E-state index in [1.807, 2.05) is 0 Å². The summed E-state index contributed by atoms with van der Waals surface area (Å²) >= 11 is 0. The molecule has 2 aliphatic carbocycles. The monoisotopic (exact) mass is 408 g/mol. The van der Waals surface area contributed by atoms with E-state index in [2.05, 4.69) is 14.9 Å². The maximum Gasteiger partial charge on any atom is 0.387 e. The van der Waals surface area contributed by atoms with E-state index in [-0.39, 0.29) is 35.8 Å². The van der Waals surface area contributed by atoms with Gasteiger partial charge in [-0.25, -0.2) is 0 Å². The first-order chi connectivity index (χ1) is 14.0. The summed E-state index contributed by atoms with van der Waals surface area (Å²) in [5.74, 6) is 2.04. The van der Waals surface area contributed by atoms with E-state index in [0.29, 0.717) is 23.8 Å². The van der Waals surface area contributed by atoms with E-state index in [1.165, 1.54) is 44.6 Å². The predicted octanol–water partition coefficient (Wildman–Crippen LogP) is 4.22. The topological polar surface area (TPSA) is 83.7 Å². The Hall–Kier alpha value is -2.71. The normalized spacial score (nSPS) is 22.8. The summed E-state index contributed by atoms with van der Waals surface area (Å²) in [7, 11) is 1.34. The number of ether oxygens (including phenoxy) is 3. The highest BCUT2D eigenvalue weighted by Crippen LogP contribution is 2.49. The lowest BCUT2D eigenvalue weighted by molar-refractivity contribution is -0.147. The van der Waals surface area contributed by atoms with Crippen LogP contribution in [0.2, 0.25) is 0 Å². The number of nitrogens with zero attached hydrogens (tertiary/aromatic N) is 2. The summed E-state index contributed by atoms with van der Waals surface area (Å²) < 4.78 is 44.7. The number of methoxy groups -OCH3 is 1. The zero-order valence-electron chi connectivity index (χ0n) is 16.0. The Morgan fingerprint density at radius 1 is 1.28 bits per heavy atom. The van der Waals surface area contributed by atoms with Crippen LogP contribution in [0.5, 0.6) is 11.5 Å². The smallest absolute Gasteiger partial charge is 0.387 e. The number of carbonyl (C=O) groups is 1. The van der Waals surface area contributed by atoms with E-state index in [9.17, 15) is 13.6 Å². The van der Waals surface area contributed by atoms with Crippen molar-refractivity contribution in [2.75, 3.05) is 7.11 Å². The standard InChI is InChI=1S/C20H22F2N2O5/c1-26-16-8-13(4-5-15(16)28-20(21)22)19-23-17(29-24-19)10-27-18(25)9-14-7-11-2-3-12(14)6-11/h4-5,8,11-12,14,20H,2-3,6-7,9-10H2,1H3/t11-,12-,14+/m0/s1. The number of aromatic nitrogens is 2. The number of halogens is 2. The van der Waals surface area contributed by atoms with Gasteiger partial charge in [0.2, 0.25) is 5.82 Å². The van der Waals surface area contributed by atoms with Crippen molar-refractivity contribution >= 4 is 5.97 Å². The molecule has 0 spiro atoms. The van der Waals surface area contributed by atoms with Gasteiger partial charge in [-0.1, -0.05) is 11.6 Å². The van der Waals surface area contributed by atoms with Gasteiger partial charge in [0.05, 0.1) is 7.11 Å². The number of esters is 1. The SMILES string of the molecule is COc1cc(-c2noc(COC(=O)C[C@H]3C[C@H]4CC[C@H]3C4)n2)ccc1OC(F)F. The number of carbonyl (C=O) groups excluding carboxylic acids is 1. The number of benzene rings is 1. The van der Waals surface area contributed by atoms with Crippen LogP contribution in [0.3, 0.4) is 0 Å². The van der Waals surface area contributed by atoms with E-state index < -0.39 is 6.61 Å². The van der Waals surface area contributed by atoms with Gasteiger partial charge in [-0.05, 0) is 55.2 Å². The molecule has 3 atom stereocenters. The zero-order valence-corrected chi connectivity index (χ0v) is 16.0. The quantitative estimate of drug-likeness (QED) is 0.605.